The van der Waals surface area contributed by atoms with Crippen LogP contribution < -0.4 is 11.1 Å². The highest BCUT2D eigenvalue weighted by Gasteiger charge is 2.22. The lowest BCUT2D eigenvalue weighted by molar-refractivity contribution is 0.112. The van der Waals surface area contributed by atoms with E-state index >= 15 is 0 Å². The normalized spacial score (nSPS) is 20.8. The van der Waals surface area contributed by atoms with Gasteiger partial charge in [0.1, 0.15) is 6.61 Å². The van der Waals surface area contributed by atoms with Crippen molar-refractivity contribution in [1.29, 1.82) is 0 Å². The second kappa shape index (κ2) is 4.64. The fourth-order valence-electron chi connectivity index (χ4n) is 1.09. The van der Waals surface area contributed by atoms with E-state index < -0.39 is 5.54 Å². The topological polar surface area (TPSA) is 64.3 Å². The van der Waals surface area contributed by atoms with Gasteiger partial charge in [0.2, 0.25) is 0 Å². The smallest absolute Gasteiger partial charge is 0.407 e. The highest BCUT2D eigenvalue weighted by atomic mass is 16.5. The minimum absolute atomic E-state index is 0.280. The van der Waals surface area contributed by atoms with E-state index in [9.17, 15) is 4.79 Å². The van der Waals surface area contributed by atoms with E-state index in [1.165, 1.54) is 6.42 Å². The molecule has 0 spiro atoms. The van der Waals surface area contributed by atoms with Gasteiger partial charge >= 0.3 is 6.09 Å². The Labute approximate surface area is 85.2 Å². The van der Waals surface area contributed by atoms with E-state index in [-0.39, 0.29) is 12.7 Å². The van der Waals surface area contributed by atoms with Crippen molar-refractivity contribution in [3.8, 4) is 0 Å². The van der Waals surface area contributed by atoms with Crippen molar-refractivity contribution in [1.82, 2.24) is 5.32 Å². The molecule has 4 nitrogen and oxygen atoms in total. The van der Waals surface area contributed by atoms with E-state index in [0.29, 0.717) is 6.04 Å². The molecule has 0 heterocycles. The zero-order chi connectivity index (χ0) is 10.6. The molecule has 82 valence electrons. The van der Waals surface area contributed by atoms with E-state index in [1.807, 2.05) is 13.8 Å². The van der Waals surface area contributed by atoms with Gasteiger partial charge in [-0.15, -0.1) is 0 Å². The van der Waals surface area contributed by atoms with Crippen LogP contribution in [-0.2, 0) is 4.74 Å². The molecule has 1 amide bonds. The minimum atomic E-state index is -0.406. The Kier molecular flexibility index (Phi) is 3.75. The Morgan fingerprint density at radius 3 is 2.71 bits per heavy atom. The van der Waals surface area contributed by atoms with Crippen LogP contribution in [-0.4, -0.2) is 24.3 Å². The monoisotopic (exact) mass is 200 g/mol. The quantitative estimate of drug-likeness (QED) is 0.720. The molecule has 0 bridgehead atoms. The Bertz CT molecular complexity index is 200. The number of nitrogens with one attached hydrogen (secondary N) is 1. The van der Waals surface area contributed by atoms with Crippen LogP contribution in [0.3, 0.4) is 0 Å². The Morgan fingerprint density at radius 1 is 1.64 bits per heavy atom. The molecule has 0 saturated heterocycles. The van der Waals surface area contributed by atoms with Crippen molar-refractivity contribution in [2.75, 3.05) is 6.61 Å². The molecule has 1 saturated carbocycles. The fourth-order valence-corrected chi connectivity index (χ4v) is 1.09. The molecular weight excluding hydrogens is 180 g/mol. The van der Waals surface area contributed by atoms with Crippen molar-refractivity contribution >= 4 is 6.09 Å². The van der Waals surface area contributed by atoms with Gasteiger partial charge in [-0.2, -0.15) is 0 Å². The summed E-state index contributed by atoms with van der Waals surface area (Å²) in [6.45, 7) is 4.14. The lowest BCUT2D eigenvalue weighted by Gasteiger charge is -2.27. The Hall–Kier alpha value is -0.770. The predicted molar refractivity (Wildman–Crippen MR) is 55.0 cm³/mol. The lowest BCUT2D eigenvalue weighted by Crippen LogP contribution is -2.45. The molecule has 1 unspecified atom stereocenters. The first kappa shape index (κ1) is 11.3. The number of rotatable bonds is 4. The molecule has 0 aliphatic heterocycles. The fraction of sp³-hybridized carbons (Fsp3) is 0.900. The van der Waals surface area contributed by atoms with Gasteiger partial charge in [-0.1, -0.05) is 6.92 Å². The second-order valence-electron chi connectivity index (χ2n) is 4.36. The molecule has 1 atom stereocenters. The summed E-state index contributed by atoms with van der Waals surface area (Å²) in [7, 11) is 0. The summed E-state index contributed by atoms with van der Waals surface area (Å²) in [5.74, 6) is 0. The second-order valence-corrected chi connectivity index (χ2v) is 4.36. The largest absolute Gasteiger partial charge is 0.448 e. The summed E-state index contributed by atoms with van der Waals surface area (Å²) in [5, 5.41) is 2.80. The standard InChI is InChI=1S/C10H20N2O2/c1-3-10(2,11)7-14-9(13)12-8-5-4-6-8/h8H,3-7,11H2,1-2H3,(H,12,13). The van der Waals surface area contributed by atoms with Gasteiger partial charge in [-0.05, 0) is 32.6 Å². The van der Waals surface area contributed by atoms with Crippen LogP contribution in [0.5, 0.6) is 0 Å². The number of amides is 1. The number of ether oxygens (including phenoxy) is 1. The maximum Gasteiger partial charge on any atom is 0.407 e. The average Bonchev–Trinajstić information content (AvgIpc) is 2.08. The SMILES string of the molecule is CCC(C)(N)COC(=O)NC1CCC1. The molecule has 0 aromatic rings. The molecule has 3 N–H and O–H groups in total. The Balaban J connectivity index is 2.13. The number of carbonyl (C=O) groups excluding carboxylic acids is 1. The van der Waals surface area contributed by atoms with Crippen LogP contribution >= 0.6 is 0 Å². The highest BCUT2D eigenvalue weighted by Crippen LogP contribution is 2.18. The third-order valence-corrected chi connectivity index (χ3v) is 2.77. The van der Waals surface area contributed by atoms with Gasteiger partial charge in [-0.25, -0.2) is 4.79 Å². The summed E-state index contributed by atoms with van der Waals surface area (Å²) < 4.78 is 5.03. The van der Waals surface area contributed by atoms with Crippen LogP contribution in [0.2, 0.25) is 0 Å². The molecule has 0 radical (unpaired) electrons. The molecule has 0 aromatic heterocycles. The molecule has 1 fully saturated rings. The first-order valence-electron chi connectivity index (χ1n) is 5.25. The number of hydrogen-bond acceptors (Lipinski definition) is 3. The predicted octanol–water partition coefficient (Wildman–Crippen LogP) is 1.39. The van der Waals surface area contributed by atoms with Crippen molar-refractivity contribution < 1.29 is 9.53 Å². The van der Waals surface area contributed by atoms with Crippen molar-refractivity contribution in [2.24, 2.45) is 5.73 Å². The molecule has 0 aromatic carbocycles. The number of carbonyl (C=O) groups is 1. The molecular formula is C10H20N2O2. The van der Waals surface area contributed by atoms with Gasteiger partial charge in [0, 0.05) is 11.6 Å². The maximum atomic E-state index is 11.2. The summed E-state index contributed by atoms with van der Waals surface area (Å²) in [5.41, 5.74) is 5.43. The molecule has 1 aliphatic rings. The van der Waals surface area contributed by atoms with Crippen LogP contribution in [0, 0.1) is 0 Å². The van der Waals surface area contributed by atoms with Gasteiger partial charge in [0.25, 0.3) is 0 Å². The van der Waals surface area contributed by atoms with E-state index in [1.54, 1.807) is 0 Å². The summed E-state index contributed by atoms with van der Waals surface area (Å²) in [6.07, 6.45) is 3.81. The van der Waals surface area contributed by atoms with Crippen LogP contribution in [0.1, 0.15) is 39.5 Å². The molecule has 1 rings (SSSR count). The van der Waals surface area contributed by atoms with E-state index in [2.05, 4.69) is 5.32 Å². The van der Waals surface area contributed by atoms with E-state index in [0.717, 1.165) is 19.3 Å². The number of nitrogens with two attached hydrogens (primary N) is 1. The minimum Gasteiger partial charge on any atom is -0.448 e. The first-order chi connectivity index (χ1) is 6.53. The van der Waals surface area contributed by atoms with Crippen LogP contribution in [0.4, 0.5) is 4.79 Å². The van der Waals surface area contributed by atoms with Gasteiger partial charge in [-0.3, -0.25) is 0 Å². The first-order valence-corrected chi connectivity index (χ1v) is 5.25. The number of alkyl carbamates (subject to hydrolysis) is 1. The van der Waals surface area contributed by atoms with Crippen LogP contribution in [0.25, 0.3) is 0 Å². The maximum absolute atomic E-state index is 11.2. The Morgan fingerprint density at radius 2 is 2.29 bits per heavy atom. The molecule has 1 aliphatic carbocycles. The van der Waals surface area contributed by atoms with Crippen molar-refractivity contribution in [2.45, 2.75) is 51.1 Å². The third-order valence-electron chi connectivity index (χ3n) is 2.77. The lowest BCUT2D eigenvalue weighted by atomic mass is 9.93. The van der Waals surface area contributed by atoms with Gasteiger partial charge in [0.15, 0.2) is 0 Å². The summed E-state index contributed by atoms with van der Waals surface area (Å²) in [6, 6.07) is 0.327. The molecule has 14 heavy (non-hydrogen) atoms. The van der Waals surface area contributed by atoms with Crippen LogP contribution in [0.15, 0.2) is 0 Å². The van der Waals surface area contributed by atoms with Crippen molar-refractivity contribution in [3.05, 3.63) is 0 Å². The zero-order valence-electron chi connectivity index (χ0n) is 9.01. The summed E-state index contributed by atoms with van der Waals surface area (Å²) >= 11 is 0. The zero-order valence-corrected chi connectivity index (χ0v) is 9.01. The van der Waals surface area contributed by atoms with Crippen molar-refractivity contribution in [3.63, 3.8) is 0 Å². The third kappa shape index (κ3) is 3.54. The summed E-state index contributed by atoms with van der Waals surface area (Å²) in [4.78, 5) is 11.2. The number of hydrogen-bond donors (Lipinski definition) is 2. The molecule has 4 heteroatoms. The van der Waals surface area contributed by atoms with Gasteiger partial charge < -0.3 is 15.8 Å². The van der Waals surface area contributed by atoms with Gasteiger partial charge in [0.05, 0.1) is 0 Å². The average molecular weight is 200 g/mol. The highest BCUT2D eigenvalue weighted by molar-refractivity contribution is 5.67. The van der Waals surface area contributed by atoms with E-state index in [4.69, 9.17) is 10.5 Å².